The van der Waals surface area contributed by atoms with E-state index in [1.807, 2.05) is 0 Å². The second-order valence-corrected chi connectivity index (χ2v) is 2.40. The van der Waals surface area contributed by atoms with Crippen LogP contribution in [0.15, 0.2) is 9.59 Å². The van der Waals surface area contributed by atoms with Crippen LogP contribution in [-0.4, -0.2) is 15.6 Å². The number of carbonyl (C=O) groups is 1. The number of carboxylic acid groups (broad SMARTS) is 1. The van der Waals surface area contributed by atoms with Gasteiger partial charge in [-0.05, 0) is 6.92 Å². The SMILES string of the molecule is C[C@@](N)(C(=O)O)n1c(=O)c1=O. The molecule has 0 aliphatic carbocycles. The lowest BCUT2D eigenvalue weighted by Gasteiger charge is -2.13. The largest absolute Gasteiger partial charge is 0.478 e. The zero-order valence-electron chi connectivity index (χ0n) is 5.70. The van der Waals surface area contributed by atoms with E-state index in [0.29, 0.717) is 4.57 Å². The summed E-state index contributed by atoms with van der Waals surface area (Å²) < 4.78 is 0.495. The Morgan fingerprint density at radius 3 is 2.00 bits per heavy atom. The molecule has 0 saturated heterocycles. The molecule has 0 unspecified atom stereocenters. The van der Waals surface area contributed by atoms with E-state index >= 15 is 0 Å². The molecule has 0 spiro atoms. The van der Waals surface area contributed by atoms with Gasteiger partial charge in [0.15, 0.2) is 5.66 Å². The number of hydrogen-bond donors (Lipinski definition) is 2. The summed E-state index contributed by atoms with van der Waals surface area (Å²) in [5.74, 6) is -1.41. The summed E-state index contributed by atoms with van der Waals surface area (Å²) in [6.07, 6.45) is 0. The predicted octanol–water partition coefficient (Wildman–Crippen LogP) is -2.20. The summed E-state index contributed by atoms with van der Waals surface area (Å²) in [6.45, 7) is 1.08. The van der Waals surface area contributed by atoms with Crippen LogP contribution in [0.25, 0.3) is 0 Å². The topological polar surface area (TPSA) is 102 Å². The van der Waals surface area contributed by atoms with Gasteiger partial charge in [-0.2, -0.15) is 0 Å². The molecule has 0 bridgehead atoms. The average molecular weight is 158 g/mol. The molecule has 1 atom stereocenters. The molecular weight excluding hydrogens is 152 g/mol. The minimum atomic E-state index is -1.89. The van der Waals surface area contributed by atoms with Gasteiger partial charge in [-0.3, -0.25) is 15.3 Å². The minimum Gasteiger partial charge on any atom is -0.478 e. The molecule has 1 aromatic rings. The van der Waals surface area contributed by atoms with Crippen molar-refractivity contribution in [1.29, 1.82) is 0 Å². The van der Waals surface area contributed by atoms with Crippen LogP contribution < -0.4 is 16.9 Å². The van der Waals surface area contributed by atoms with Gasteiger partial charge in [0, 0.05) is 0 Å². The molecule has 0 saturated carbocycles. The van der Waals surface area contributed by atoms with Gasteiger partial charge in [0.1, 0.15) is 0 Å². The molecule has 1 rings (SSSR count). The van der Waals surface area contributed by atoms with Crippen molar-refractivity contribution in [3.63, 3.8) is 0 Å². The lowest BCUT2D eigenvalue weighted by molar-refractivity contribution is -0.146. The highest BCUT2D eigenvalue weighted by Gasteiger charge is 2.39. The zero-order valence-corrected chi connectivity index (χ0v) is 5.70. The Kier molecular flexibility index (Phi) is 1.25. The maximum absolute atomic E-state index is 10.4. The molecule has 1 aromatic heterocycles. The molecule has 0 radical (unpaired) electrons. The van der Waals surface area contributed by atoms with Crippen LogP contribution in [0, 0.1) is 0 Å². The fourth-order valence-electron chi connectivity index (χ4n) is 0.652. The molecule has 6 nitrogen and oxygen atoms in total. The number of rotatable bonds is 2. The van der Waals surface area contributed by atoms with Crippen molar-refractivity contribution in [2.45, 2.75) is 12.6 Å². The molecule has 0 aromatic carbocycles. The minimum absolute atomic E-state index is 0.495. The van der Waals surface area contributed by atoms with Crippen LogP contribution in [-0.2, 0) is 10.5 Å². The third-order valence-corrected chi connectivity index (χ3v) is 1.44. The van der Waals surface area contributed by atoms with E-state index < -0.39 is 22.8 Å². The molecule has 0 aliphatic rings. The lowest BCUT2D eigenvalue weighted by Crippen LogP contribution is -2.47. The Hall–Kier alpha value is -1.43. The second kappa shape index (κ2) is 1.79. The van der Waals surface area contributed by atoms with E-state index in [4.69, 9.17) is 10.8 Å². The van der Waals surface area contributed by atoms with E-state index in [1.165, 1.54) is 0 Å². The summed E-state index contributed by atoms with van der Waals surface area (Å²) >= 11 is 0. The van der Waals surface area contributed by atoms with E-state index in [-0.39, 0.29) is 0 Å². The van der Waals surface area contributed by atoms with Crippen molar-refractivity contribution in [3.8, 4) is 0 Å². The number of aliphatic carboxylic acids is 1. The summed E-state index contributed by atoms with van der Waals surface area (Å²) in [4.78, 5) is 31.1. The first kappa shape index (κ1) is 7.67. The van der Waals surface area contributed by atoms with Gasteiger partial charge in [0.2, 0.25) is 0 Å². The Bertz CT molecular complexity index is 343. The van der Waals surface area contributed by atoms with E-state index in [1.54, 1.807) is 0 Å². The fourth-order valence-corrected chi connectivity index (χ4v) is 0.652. The van der Waals surface area contributed by atoms with Crippen molar-refractivity contribution in [2.75, 3.05) is 0 Å². The van der Waals surface area contributed by atoms with Crippen LogP contribution >= 0.6 is 0 Å². The Balaban J connectivity index is 3.12. The summed E-state index contributed by atoms with van der Waals surface area (Å²) in [5, 5.41) is 8.42. The molecule has 3 N–H and O–H groups in total. The molecule has 6 heteroatoms. The normalized spacial score (nSPS) is 16.5. The highest BCUT2D eigenvalue weighted by Crippen LogP contribution is 2.02. The third kappa shape index (κ3) is 0.874. The number of nitrogens with two attached hydrogens (primary N) is 1. The molecule has 0 fully saturated rings. The van der Waals surface area contributed by atoms with Crippen LogP contribution in [0.1, 0.15) is 6.92 Å². The predicted molar refractivity (Wildman–Crippen MR) is 34.8 cm³/mol. The second-order valence-electron chi connectivity index (χ2n) is 2.40. The van der Waals surface area contributed by atoms with E-state index in [0.717, 1.165) is 6.92 Å². The number of aromatic nitrogens is 1. The summed E-state index contributed by atoms with van der Waals surface area (Å²) in [6, 6.07) is 0. The highest BCUT2D eigenvalue weighted by molar-refractivity contribution is 5.75. The number of carboxylic acids is 1. The van der Waals surface area contributed by atoms with Gasteiger partial charge in [0.05, 0.1) is 0 Å². The quantitative estimate of drug-likeness (QED) is 0.475. The smallest absolute Gasteiger partial charge is 0.344 e. The van der Waals surface area contributed by atoms with E-state index in [9.17, 15) is 14.4 Å². The van der Waals surface area contributed by atoms with Crippen LogP contribution in [0.5, 0.6) is 0 Å². The summed E-state index contributed by atoms with van der Waals surface area (Å²) in [7, 11) is 0. The maximum Gasteiger partial charge on any atom is 0.344 e. The molecular formula is C5H6N2O4. The van der Waals surface area contributed by atoms with Crippen molar-refractivity contribution in [1.82, 2.24) is 4.57 Å². The van der Waals surface area contributed by atoms with Crippen molar-refractivity contribution in [3.05, 3.63) is 20.7 Å². The third-order valence-electron chi connectivity index (χ3n) is 1.44. The van der Waals surface area contributed by atoms with Gasteiger partial charge in [-0.25, -0.2) is 9.36 Å². The van der Waals surface area contributed by atoms with Crippen LogP contribution in [0.3, 0.4) is 0 Å². The van der Waals surface area contributed by atoms with Gasteiger partial charge >= 0.3 is 17.1 Å². The first-order valence-electron chi connectivity index (χ1n) is 2.80. The standard InChI is InChI=1S/C5H6N2O4/c1-5(6,4(10)11)7-2(8)3(7)9/h6H2,1H3,(H,10,11)/t5-/m0/s1. The molecule has 11 heavy (non-hydrogen) atoms. The molecule has 0 aliphatic heterocycles. The van der Waals surface area contributed by atoms with Crippen molar-refractivity contribution >= 4 is 5.97 Å². The van der Waals surface area contributed by atoms with Gasteiger partial charge in [-0.15, -0.1) is 0 Å². The van der Waals surface area contributed by atoms with Crippen LogP contribution in [0.4, 0.5) is 0 Å². The Morgan fingerprint density at radius 1 is 1.55 bits per heavy atom. The first-order chi connectivity index (χ1) is 4.89. The molecule has 60 valence electrons. The van der Waals surface area contributed by atoms with Gasteiger partial charge in [-0.1, -0.05) is 0 Å². The highest BCUT2D eigenvalue weighted by atomic mass is 16.4. The van der Waals surface area contributed by atoms with Crippen molar-refractivity contribution in [2.24, 2.45) is 5.73 Å². The lowest BCUT2D eigenvalue weighted by atomic mass is 10.2. The Morgan fingerprint density at radius 2 is 1.91 bits per heavy atom. The maximum atomic E-state index is 10.4. The monoisotopic (exact) mass is 158 g/mol. The molecule has 0 amide bonds. The summed E-state index contributed by atoms with van der Waals surface area (Å²) in [5.41, 5.74) is 1.54. The fraction of sp³-hybridized carbons (Fsp3) is 0.400. The van der Waals surface area contributed by atoms with Crippen molar-refractivity contribution < 1.29 is 9.90 Å². The van der Waals surface area contributed by atoms with E-state index in [2.05, 4.69) is 0 Å². The zero-order chi connectivity index (χ0) is 8.81. The Labute approximate surface area is 60.5 Å². The number of hydrogen-bond acceptors (Lipinski definition) is 4. The molecule has 1 heterocycles. The van der Waals surface area contributed by atoms with Crippen LogP contribution in [0.2, 0.25) is 0 Å². The van der Waals surface area contributed by atoms with Gasteiger partial charge < -0.3 is 5.11 Å². The first-order valence-corrected chi connectivity index (χ1v) is 2.80. The van der Waals surface area contributed by atoms with Gasteiger partial charge in [0.25, 0.3) is 0 Å². The average Bonchev–Trinajstić information content (AvgIpc) is 2.41. The number of nitrogens with zero attached hydrogens (tertiary/aromatic N) is 1.